The molecule has 0 amide bonds. The van der Waals surface area contributed by atoms with Crippen LogP contribution in [0.4, 0.5) is 0 Å². The minimum atomic E-state index is -0.437. The lowest BCUT2D eigenvalue weighted by Gasteiger charge is -2.09. The highest BCUT2D eigenvalue weighted by Crippen LogP contribution is 2.26. The maximum Gasteiger partial charge on any atom is 0.267 e. The monoisotopic (exact) mass is 329 g/mol. The van der Waals surface area contributed by atoms with Crippen LogP contribution >= 0.6 is 15.9 Å². The maximum absolute atomic E-state index is 12.5. The number of nitrogens with zero attached hydrogens (tertiary/aromatic N) is 3. The smallest absolute Gasteiger partial charge is 0.267 e. The van der Waals surface area contributed by atoms with E-state index in [1.165, 1.54) is 4.68 Å². The molecule has 0 saturated carbocycles. The van der Waals surface area contributed by atoms with Crippen molar-refractivity contribution < 1.29 is 4.79 Å². The molecule has 2 aromatic carbocycles. The first-order chi connectivity index (χ1) is 9.66. The fourth-order valence-electron chi connectivity index (χ4n) is 2.02. The van der Waals surface area contributed by atoms with Crippen molar-refractivity contribution in [1.82, 2.24) is 15.0 Å². The van der Waals surface area contributed by atoms with E-state index in [-0.39, 0.29) is 5.91 Å². The summed E-state index contributed by atoms with van der Waals surface area (Å²) in [5.41, 5.74) is 3.49. The van der Waals surface area contributed by atoms with Gasteiger partial charge in [-0.25, -0.2) is 0 Å². The van der Waals surface area contributed by atoms with E-state index in [1.807, 2.05) is 55.5 Å². The van der Waals surface area contributed by atoms with E-state index < -0.39 is 4.83 Å². The highest BCUT2D eigenvalue weighted by molar-refractivity contribution is 9.09. The zero-order chi connectivity index (χ0) is 14.1. The summed E-state index contributed by atoms with van der Waals surface area (Å²) in [6, 6.07) is 15.2. The van der Waals surface area contributed by atoms with Crippen molar-refractivity contribution in [2.24, 2.45) is 0 Å². The molecule has 1 heterocycles. The number of halogens is 1. The minimum absolute atomic E-state index is 0.150. The highest BCUT2D eigenvalue weighted by atomic mass is 79.9. The molecule has 3 rings (SSSR count). The molecule has 0 fully saturated rings. The molecule has 0 aliphatic carbocycles. The van der Waals surface area contributed by atoms with Gasteiger partial charge in [0.1, 0.15) is 10.3 Å². The zero-order valence-corrected chi connectivity index (χ0v) is 12.4. The number of benzene rings is 2. The summed E-state index contributed by atoms with van der Waals surface area (Å²) in [6.45, 7) is 2.01. The predicted octanol–water partition coefficient (Wildman–Crippen LogP) is 3.52. The quantitative estimate of drug-likeness (QED) is 0.676. The third kappa shape index (κ3) is 2.25. The van der Waals surface area contributed by atoms with E-state index in [0.29, 0.717) is 11.0 Å². The van der Waals surface area contributed by atoms with Crippen LogP contribution in [-0.2, 0) is 0 Å². The van der Waals surface area contributed by atoms with Gasteiger partial charge >= 0.3 is 0 Å². The Balaban J connectivity index is 1.97. The molecule has 0 radical (unpaired) electrons. The van der Waals surface area contributed by atoms with E-state index in [1.54, 1.807) is 0 Å². The Hall–Kier alpha value is -2.01. The number of aryl methyl sites for hydroxylation is 1. The number of carbonyl (C=O) groups excluding carboxylic acids is 1. The number of para-hydroxylation sites is 1. The molecule has 20 heavy (non-hydrogen) atoms. The Morgan fingerprint density at radius 1 is 1.15 bits per heavy atom. The van der Waals surface area contributed by atoms with Gasteiger partial charge in [0.2, 0.25) is 0 Å². The van der Waals surface area contributed by atoms with Gasteiger partial charge in [-0.15, -0.1) is 5.10 Å². The zero-order valence-electron chi connectivity index (χ0n) is 10.8. The van der Waals surface area contributed by atoms with E-state index >= 15 is 0 Å². The van der Waals surface area contributed by atoms with Crippen LogP contribution in [0.25, 0.3) is 11.0 Å². The van der Waals surface area contributed by atoms with Gasteiger partial charge in [0.15, 0.2) is 0 Å². The van der Waals surface area contributed by atoms with Crippen molar-refractivity contribution >= 4 is 32.9 Å². The van der Waals surface area contributed by atoms with E-state index in [4.69, 9.17) is 0 Å². The molecule has 0 saturated heterocycles. The predicted molar refractivity (Wildman–Crippen MR) is 81.0 cm³/mol. The molecule has 0 aliphatic heterocycles. The average Bonchev–Trinajstić information content (AvgIpc) is 2.90. The van der Waals surface area contributed by atoms with Gasteiger partial charge < -0.3 is 0 Å². The van der Waals surface area contributed by atoms with Crippen molar-refractivity contribution in [2.75, 3.05) is 0 Å². The molecule has 0 N–H and O–H groups in total. The number of rotatable bonds is 2. The first-order valence-corrected chi connectivity index (χ1v) is 7.13. The van der Waals surface area contributed by atoms with Crippen LogP contribution in [0.3, 0.4) is 0 Å². The van der Waals surface area contributed by atoms with Crippen molar-refractivity contribution in [2.45, 2.75) is 11.8 Å². The van der Waals surface area contributed by atoms with E-state index in [0.717, 1.165) is 11.1 Å². The van der Waals surface area contributed by atoms with Gasteiger partial charge in [-0.05, 0) is 24.6 Å². The van der Waals surface area contributed by atoms with Gasteiger partial charge in [-0.1, -0.05) is 63.1 Å². The van der Waals surface area contributed by atoms with Crippen molar-refractivity contribution in [3.8, 4) is 0 Å². The molecule has 1 unspecified atom stereocenters. The van der Waals surface area contributed by atoms with Crippen molar-refractivity contribution in [3.05, 3.63) is 59.7 Å². The highest BCUT2D eigenvalue weighted by Gasteiger charge is 2.21. The van der Waals surface area contributed by atoms with Gasteiger partial charge in [0.25, 0.3) is 5.91 Å². The Morgan fingerprint density at radius 2 is 1.85 bits per heavy atom. The summed E-state index contributed by atoms with van der Waals surface area (Å²) in [7, 11) is 0. The number of fused-ring (bicyclic) bond motifs is 1. The van der Waals surface area contributed by atoms with Crippen LogP contribution in [0.2, 0.25) is 0 Å². The molecule has 5 heteroatoms. The number of carbonyl (C=O) groups is 1. The second kappa shape index (κ2) is 5.17. The van der Waals surface area contributed by atoms with Gasteiger partial charge in [-0.2, -0.15) is 4.68 Å². The average molecular weight is 330 g/mol. The van der Waals surface area contributed by atoms with Crippen LogP contribution in [0.1, 0.15) is 20.7 Å². The van der Waals surface area contributed by atoms with Crippen LogP contribution in [-0.4, -0.2) is 20.9 Å². The van der Waals surface area contributed by atoms with Crippen LogP contribution in [0, 0.1) is 6.92 Å². The molecule has 0 aliphatic rings. The molecule has 0 spiro atoms. The Labute approximate surface area is 124 Å². The molecular weight excluding hydrogens is 318 g/mol. The Morgan fingerprint density at radius 3 is 2.60 bits per heavy atom. The lowest BCUT2D eigenvalue weighted by Crippen LogP contribution is -2.17. The fraction of sp³-hybridized carbons (Fsp3) is 0.133. The summed E-state index contributed by atoms with van der Waals surface area (Å²) in [5.74, 6) is -0.150. The van der Waals surface area contributed by atoms with Crippen LogP contribution in [0.5, 0.6) is 0 Å². The van der Waals surface area contributed by atoms with Gasteiger partial charge in [-0.3, -0.25) is 4.79 Å². The lowest BCUT2D eigenvalue weighted by atomic mass is 10.1. The Kier molecular flexibility index (Phi) is 3.36. The summed E-state index contributed by atoms with van der Waals surface area (Å²) >= 11 is 3.44. The molecule has 1 aromatic heterocycles. The standard InChI is InChI=1S/C15H12BrN3O/c1-10-6-8-11(9-7-10)14(16)15(20)19-13-5-3-2-4-12(13)17-18-19/h2-9,14H,1H3. The number of aromatic nitrogens is 3. The first-order valence-electron chi connectivity index (χ1n) is 6.22. The normalized spacial score (nSPS) is 12.5. The molecule has 4 nitrogen and oxygen atoms in total. The summed E-state index contributed by atoms with van der Waals surface area (Å²) in [4.78, 5) is 12.1. The Bertz CT molecular complexity index is 764. The number of hydrogen-bond acceptors (Lipinski definition) is 3. The molecule has 0 bridgehead atoms. The van der Waals surface area contributed by atoms with Crippen LogP contribution < -0.4 is 0 Å². The SMILES string of the molecule is Cc1ccc(C(Br)C(=O)n2nnc3ccccc32)cc1. The molecule has 100 valence electrons. The van der Waals surface area contributed by atoms with Crippen molar-refractivity contribution in [3.63, 3.8) is 0 Å². The second-order valence-corrected chi connectivity index (χ2v) is 5.52. The summed E-state index contributed by atoms with van der Waals surface area (Å²) in [6.07, 6.45) is 0. The lowest BCUT2D eigenvalue weighted by molar-refractivity contribution is 0.0900. The third-order valence-electron chi connectivity index (χ3n) is 3.15. The fourth-order valence-corrected chi connectivity index (χ4v) is 2.52. The number of hydrogen-bond donors (Lipinski definition) is 0. The van der Waals surface area contributed by atoms with Gasteiger partial charge in [0.05, 0.1) is 5.52 Å². The van der Waals surface area contributed by atoms with E-state index in [9.17, 15) is 4.79 Å². The van der Waals surface area contributed by atoms with Crippen molar-refractivity contribution in [1.29, 1.82) is 0 Å². The summed E-state index contributed by atoms with van der Waals surface area (Å²) in [5, 5.41) is 7.95. The van der Waals surface area contributed by atoms with Gasteiger partial charge in [0, 0.05) is 0 Å². The molecular formula is C15H12BrN3O. The second-order valence-electron chi connectivity index (χ2n) is 4.60. The first kappa shape index (κ1) is 13.0. The minimum Gasteiger partial charge on any atom is -0.271 e. The number of alkyl halides is 1. The van der Waals surface area contributed by atoms with Crippen LogP contribution in [0.15, 0.2) is 48.5 Å². The topological polar surface area (TPSA) is 47.8 Å². The molecule has 1 atom stereocenters. The largest absolute Gasteiger partial charge is 0.271 e. The van der Waals surface area contributed by atoms with E-state index in [2.05, 4.69) is 26.2 Å². The molecule has 3 aromatic rings. The maximum atomic E-state index is 12.5. The summed E-state index contributed by atoms with van der Waals surface area (Å²) < 4.78 is 1.34. The third-order valence-corrected chi connectivity index (χ3v) is 4.07.